The third-order valence-electron chi connectivity index (χ3n) is 4.32. The number of ether oxygens (including phenoxy) is 1. The summed E-state index contributed by atoms with van der Waals surface area (Å²) in [7, 11) is 0. The fourth-order valence-electron chi connectivity index (χ4n) is 2.85. The summed E-state index contributed by atoms with van der Waals surface area (Å²) >= 11 is 0. The normalized spacial score (nSPS) is 14.0. The van der Waals surface area contributed by atoms with Crippen LogP contribution in [0.15, 0.2) is 43.0 Å². The van der Waals surface area contributed by atoms with Gasteiger partial charge >= 0.3 is 6.09 Å². The maximum Gasteiger partial charge on any atom is 0.409 e. The minimum absolute atomic E-state index is 0.0847. The topological polar surface area (TPSA) is 87.7 Å². The summed E-state index contributed by atoms with van der Waals surface area (Å²) in [6.07, 6.45) is 6.42. The van der Waals surface area contributed by atoms with E-state index in [4.69, 9.17) is 4.74 Å². The van der Waals surface area contributed by atoms with Crippen molar-refractivity contribution in [2.45, 2.75) is 13.5 Å². The standard InChI is InChI=1S/C19H23N5O3/c1-2-27-19(26)24-9-7-23(8-10-24)18(25)16-11-17(14-21-13-16)22-12-15-3-5-20-6-4-15/h3-6,11,13-14,22H,2,7-10,12H2,1H3. The number of nitrogens with zero attached hydrogens (tertiary/aromatic N) is 4. The SMILES string of the molecule is CCOC(=O)N1CCN(C(=O)c2cncc(NCc3ccncc3)c2)CC1. The van der Waals surface area contributed by atoms with E-state index in [9.17, 15) is 9.59 Å². The van der Waals surface area contributed by atoms with E-state index in [1.165, 1.54) is 0 Å². The van der Waals surface area contributed by atoms with Gasteiger partial charge in [-0.05, 0) is 30.7 Å². The van der Waals surface area contributed by atoms with Gasteiger partial charge in [0.05, 0.1) is 17.9 Å². The summed E-state index contributed by atoms with van der Waals surface area (Å²) in [5.74, 6) is -0.0847. The lowest BCUT2D eigenvalue weighted by Gasteiger charge is -2.34. The zero-order chi connectivity index (χ0) is 19.1. The Labute approximate surface area is 158 Å². The number of hydrogen-bond acceptors (Lipinski definition) is 6. The van der Waals surface area contributed by atoms with E-state index in [0.29, 0.717) is 44.9 Å². The fourth-order valence-corrected chi connectivity index (χ4v) is 2.85. The van der Waals surface area contributed by atoms with Gasteiger partial charge in [0.25, 0.3) is 5.91 Å². The first-order valence-corrected chi connectivity index (χ1v) is 8.96. The molecule has 8 nitrogen and oxygen atoms in total. The predicted molar refractivity (Wildman–Crippen MR) is 100 cm³/mol. The Kier molecular flexibility index (Phi) is 6.19. The monoisotopic (exact) mass is 369 g/mol. The molecule has 142 valence electrons. The molecule has 3 heterocycles. The van der Waals surface area contributed by atoms with Crippen LogP contribution in [-0.4, -0.2) is 64.6 Å². The zero-order valence-corrected chi connectivity index (χ0v) is 15.3. The number of piperazine rings is 1. The van der Waals surface area contributed by atoms with Crippen LogP contribution >= 0.6 is 0 Å². The lowest BCUT2D eigenvalue weighted by Crippen LogP contribution is -2.50. The second kappa shape index (κ2) is 8.98. The lowest BCUT2D eigenvalue weighted by atomic mass is 10.2. The van der Waals surface area contributed by atoms with Gasteiger partial charge in [-0.1, -0.05) is 0 Å². The number of nitrogens with one attached hydrogen (secondary N) is 1. The second-order valence-corrected chi connectivity index (χ2v) is 6.15. The largest absolute Gasteiger partial charge is 0.450 e. The molecule has 8 heteroatoms. The molecule has 1 aliphatic heterocycles. The summed E-state index contributed by atoms with van der Waals surface area (Å²) in [5.41, 5.74) is 2.40. The van der Waals surface area contributed by atoms with Crippen LogP contribution in [0, 0.1) is 0 Å². The Bertz CT molecular complexity index is 776. The quantitative estimate of drug-likeness (QED) is 0.867. The number of amides is 2. The van der Waals surface area contributed by atoms with Crippen LogP contribution in [0.3, 0.4) is 0 Å². The molecule has 2 amide bonds. The molecule has 0 spiro atoms. The summed E-state index contributed by atoms with van der Waals surface area (Å²) in [5, 5.41) is 3.26. The highest BCUT2D eigenvalue weighted by molar-refractivity contribution is 5.94. The van der Waals surface area contributed by atoms with Crippen LogP contribution in [0.4, 0.5) is 10.5 Å². The average Bonchev–Trinajstić information content (AvgIpc) is 2.73. The van der Waals surface area contributed by atoms with Gasteiger partial charge in [-0.15, -0.1) is 0 Å². The van der Waals surface area contributed by atoms with E-state index in [1.807, 2.05) is 12.1 Å². The molecule has 0 radical (unpaired) electrons. The maximum atomic E-state index is 12.7. The van der Waals surface area contributed by atoms with Crippen molar-refractivity contribution in [3.05, 3.63) is 54.1 Å². The van der Waals surface area contributed by atoms with Gasteiger partial charge in [0, 0.05) is 57.5 Å². The van der Waals surface area contributed by atoms with Gasteiger partial charge in [0.1, 0.15) is 0 Å². The number of carbonyl (C=O) groups excluding carboxylic acids is 2. The Morgan fingerprint density at radius 2 is 1.78 bits per heavy atom. The Hall–Kier alpha value is -3.16. The minimum atomic E-state index is -0.325. The third kappa shape index (κ3) is 4.93. The maximum absolute atomic E-state index is 12.7. The van der Waals surface area contributed by atoms with Crippen molar-refractivity contribution in [2.24, 2.45) is 0 Å². The molecular formula is C19H23N5O3. The van der Waals surface area contributed by atoms with Gasteiger partial charge in [0.15, 0.2) is 0 Å². The van der Waals surface area contributed by atoms with Crippen molar-refractivity contribution < 1.29 is 14.3 Å². The van der Waals surface area contributed by atoms with Crippen LogP contribution in [0.5, 0.6) is 0 Å². The number of anilines is 1. The predicted octanol–water partition coefficient (Wildman–Crippen LogP) is 2.00. The van der Waals surface area contributed by atoms with Crippen molar-refractivity contribution >= 4 is 17.7 Å². The smallest absolute Gasteiger partial charge is 0.409 e. The van der Waals surface area contributed by atoms with E-state index in [-0.39, 0.29) is 12.0 Å². The summed E-state index contributed by atoms with van der Waals surface area (Å²) in [4.78, 5) is 36.0. The third-order valence-corrected chi connectivity index (χ3v) is 4.32. The summed E-state index contributed by atoms with van der Waals surface area (Å²) in [6, 6.07) is 5.66. The molecule has 2 aromatic heterocycles. The number of hydrogen-bond donors (Lipinski definition) is 1. The molecule has 27 heavy (non-hydrogen) atoms. The first-order chi connectivity index (χ1) is 13.2. The number of aromatic nitrogens is 2. The highest BCUT2D eigenvalue weighted by Crippen LogP contribution is 2.14. The molecule has 0 atom stereocenters. The zero-order valence-electron chi connectivity index (χ0n) is 15.3. The van der Waals surface area contributed by atoms with E-state index in [1.54, 1.807) is 47.6 Å². The number of pyridine rings is 2. The molecule has 0 aromatic carbocycles. The number of rotatable bonds is 5. The molecule has 0 aliphatic carbocycles. The van der Waals surface area contributed by atoms with E-state index < -0.39 is 0 Å². The molecule has 1 saturated heterocycles. The van der Waals surface area contributed by atoms with E-state index >= 15 is 0 Å². The van der Waals surface area contributed by atoms with Crippen molar-refractivity contribution in [2.75, 3.05) is 38.1 Å². The van der Waals surface area contributed by atoms with Crippen LogP contribution in [0.1, 0.15) is 22.8 Å². The van der Waals surface area contributed by atoms with Crippen LogP contribution in [0.25, 0.3) is 0 Å². The average molecular weight is 369 g/mol. The molecule has 1 N–H and O–H groups in total. The first kappa shape index (κ1) is 18.6. The highest BCUT2D eigenvalue weighted by Gasteiger charge is 2.25. The number of carbonyl (C=O) groups is 2. The first-order valence-electron chi connectivity index (χ1n) is 8.96. The van der Waals surface area contributed by atoms with Crippen molar-refractivity contribution in [3.8, 4) is 0 Å². The fraction of sp³-hybridized carbons (Fsp3) is 0.368. The Morgan fingerprint density at radius 3 is 2.48 bits per heavy atom. The molecule has 3 rings (SSSR count). The molecule has 0 unspecified atom stereocenters. The second-order valence-electron chi connectivity index (χ2n) is 6.15. The van der Waals surface area contributed by atoms with Gasteiger partial charge in [-0.25, -0.2) is 4.79 Å². The van der Waals surface area contributed by atoms with Crippen molar-refractivity contribution in [1.29, 1.82) is 0 Å². The van der Waals surface area contributed by atoms with Gasteiger partial charge in [-0.2, -0.15) is 0 Å². The molecule has 1 aliphatic rings. The Balaban J connectivity index is 1.57. The molecular weight excluding hydrogens is 346 g/mol. The van der Waals surface area contributed by atoms with Crippen LogP contribution < -0.4 is 5.32 Å². The molecule has 0 saturated carbocycles. The van der Waals surface area contributed by atoms with Gasteiger partial charge in [-0.3, -0.25) is 14.8 Å². The van der Waals surface area contributed by atoms with Gasteiger partial charge in [0.2, 0.25) is 0 Å². The van der Waals surface area contributed by atoms with Crippen molar-refractivity contribution in [3.63, 3.8) is 0 Å². The van der Waals surface area contributed by atoms with E-state index in [0.717, 1.165) is 11.3 Å². The molecule has 0 bridgehead atoms. The molecule has 1 fully saturated rings. The summed E-state index contributed by atoms with van der Waals surface area (Å²) < 4.78 is 5.00. The van der Waals surface area contributed by atoms with E-state index in [2.05, 4.69) is 15.3 Å². The summed E-state index contributed by atoms with van der Waals surface area (Å²) in [6.45, 7) is 4.65. The minimum Gasteiger partial charge on any atom is -0.450 e. The van der Waals surface area contributed by atoms with Gasteiger partial charge < -0.3 is 19.9 Å². The molecule has 2 aromatic rings. The van der Waals surface area contributed by atoms with Crippen LogP contribution in [0.2, 0.25) is 0 Å². The van der Waals surface area contributed by atoms with Crippen molar-refractivity contribution in [1.82, 2.24) is 19.8 Å². The lowest BCUT2D eigenvalue weighted by molar-refractivity contribution is 0.0570. The Morgan fingerprint density at radius 1 is 1.07 bits per heavy atom. The van der Waals surface area contributed by atoms with Crippen LogP contribution in [-0.2, 0) is 11.3 Å². The highest BCUT2D eigenvalue weighted by atomic mass is 16.6.